The third kappa shape index (κ3) is 3.80. The van der Waals surface area contributed by atoms with Crippen LogP contribution in [0.25, 0.3) is 4.96 Å². The molecule has 0 bridgehead atoms. The summed E-state index contributed by atoms with van der Waals surface area (Å²) in [5.74, 6) is 0. The Morgan fingerprint density at radius 1 is 1.24 bits per heavy atom. The Morgan fingerprint density at radius 2 is 2.20 bits per heavy atom. The average Bonchev–Trinajstić information content (AvgIpc) is 3.11. The summed E-state index contributed by atoms with van der Waals surface area (Å²) in [5.41, 5.74) is 2.06. The van der Waals surface area contributed by atoms with Gasteiger partial charge in [-0.1, -0.05) is 12.5 Å². The molecule has 0 amide bonds. The van der Waals surface area contributed by atoms with Crippen molar-refractivity contribution in [3.8, 4) is 0 Å². The minimum absolute atomic E-state index is 0.0169. The lowest BCUT2D eigenvalue weighted by Crippen LogP contribution is -2.39. The number of piperidine rings is 1. The van der Waals surface area contributed by atoms with Gasteiger partial charge in [0.2, 0.25) is 0 Å². The van der Waals surface area contributed by atoms with Crippen molar-refractivity contribution in [2.24, 2.45) is 0 Å². The smallest absolute Gasteiger partial charge is 0.258 e. The molecule has 4 rings (SSSR count). The fourth-order valence-corrected chi connectivity index (χ4v) is 4.37. The van der Waals surface area contributed by atoms with Crippen LogP contribution in [0.4, 0.5) is 0 Å². The van der Waals surface area contributed by atoms with Crippen molar-refractivity contribution in [2.75, 3.05) is 6.54 Å². The predicted octanol–water partition coefficient (Wildman–Crippen LogP) is 3.14. The Bertz CT molecular complexity index is 889. The minimum atomic E-state index is 0.0169. The molecule has 130 valence electrons. The van der Waals surface area contributed by atoms with Gasteiger partial charge in [-0.25, -0.2) is 4.98 Å². The summed E-state index contributed by atoms with van der Waals surface area (Å²) in [5, 5.41) is 1.91. The molecule has 6 heteroatoms. The molecule has 1 unspecified atom stereocenters. The number of rotatable bonds is 5. The van der Waals surface area contributed by atoms with Crippen molar-refractivity contribution < 1.29 is 0 Å². The quantitative estimate of drug-likeness (QED) is 0.706. The minimum Gasteiger partial charge on any atom is -0.295 e. The van der Waals surface area contributed by atoms with E-state index in [1.165, 1.54) is 30.6 Å². The molecular formula is C19H22N4OS. The lowest BCUT2D eigenvalue weighted by molar-refractivity contribution is 0.130. The molecule has 0 N–H and O–H groups in total. The van der Waals surface area contributed by atoms with Gasteiger partial charge in [-0.15, -0.1) is 11.3 Å². The molecule has 0 spiro atoms. The molecule has 1 atom stereocenters. The second-order valence-electron chi connectivity index (χ2n) is 6.62. The van der Waals surface area contributed by atoms with Crippen molar-refractivity contribution >= 4 is 16.3 Å². The summed E-state index contributed by atoms with van der Waals surface area (Å²) in [7, 11) is 0. The van der Waals surface area contributed by atoms with E-state index in [1.54, 1.807) is 16.7 Å². The van der Waals surface area contributed by atoms with E-state index in [9.17, 15) is 4.79 Å². The Labute approximate surface area is 151 Å². The lowest BCUT2D eigenvalue weighted by Gasteiger charge is -2.35. The van der Waals surface area contributed by atoms with Crippen LogP contribution in [0.1, 0.15) is 37.1 Å². The number of hydrogen-bond donors (Lipinski definition) is 0. The number of thiazole rings is 1. The summed E-state index contributed by atoms with van der Waals surface area (Å²) < 4.78 is 1.61. The molecule has 0 aliphatic carbocycles. The van der Waals surface area contributed by atoms with Crippen LogP contribution in [0.2, 0.25) is 0 Å². The molecule has 25 heavy (non-hydrogen) atoms. The number of aryl methyl sites for hydroxylation is 1. The highest BCUT2D eigenvalue weighted by Crippen LogP contribution is 2.23. The van der Waals surface area contributed by atoms with Gasteiger partial charge >= 0.3 is 0 Å². The first kappa shape index (κ1) is 16.4. The monoisotopic (exact) mass is 354 g/mol. The van der Waals surface area contributed by atoms with Crippen molar-refractivity contribution in [2.45, 2.75) is 44.7 Å². The number of fused-ring (bicyclic) bond motifs is 1. The molecule has 3 aromatic rings. The highest BCUT2D eigenvalue weighted by molar-refractivity contribution is 7.15. The highest BCUT2D eigenvalue weighted by Gasteiger charge is 2.23. The van der Waals surface area contributed by atoms with E-state index in [2.05, 4.69) is 27.0 Å². The van der Waals surface area contributed by atoms with E-state index in [4.69, 9.17) is 0 Å². The summed E-state index contributed by atoms with van der Waals surface area (Å²) in [6.45, 7) is 1.84. The van der Waals surface area contributed by atoms with Gasteiger partial charge in [0, 0.05) is 42.1 Å². The summed E-state index contributed by atoms with van der Waals surface area (Å²) in [4.78, 5) is 24.6. The molecule has 0 radical (unpaired) electrons. The van der Waals surface area contributed by atoms with Gasteiger partial charge in [0.15, 0.2) is 4.96 Å². The van der Waals surface area contributed by atoms with Crippen molar-refractivity contribution in [1.82, 2.24) is 19.3 Å². The number of likely N-dealkylation sites (tertiary alicyclic amines) is 1. The lowest BCUT2D eigenvalue weighted by atomic mass is 9.97. The zero-order valence-corrected chi connectivity index (χ0v) is 15.0. The number of pyridine rings is 1. The van der Waals surface area contributed by atoms with Crippen LogP contribution in [-0.2, 0) is 13.0 Å². The average molecular weight is 354 g/mol. The number of nitrogens with zero attached hydrogens (tertiary/aromatic N) is 4. The summed E-state index contributed by atoms with van der Waals surface area (Å²) in [6, 6.07) is 8.33. The largest absolute Gasteiger partial charge is 0.295 e. The SMILES string of the molecule is O=c1cc(CN2CCCCC2CCc2ccccn2)nc2sccn12. The second kappa shape index (κ2) is 7.45. The molecule has 0 aromatic carbocycles. The standard InChI is InChI=1S/C19H22N4OS/c24-18-13-16(21-19-23(18)11-12-25-19)14-22-10-4-2-6-17(22)8-7-15-5-1-3-9-20-15/h1,3,5,9,11-13,17H,2,4,6-8,10,14H2. The maximum atomic E-state index is 12.2. The van der Waals surface area contributed by atoms with Crippen LogP contribution in [0.3, 0.4) is 0 Å². The van der Waals surface area contributed by atoms with Gasteiger partial charge in [-0.05, 0) is 44.4 Å². The molecule has 1 fully saturated rings. The second-order valence-corrected chi connectivity index (χ2v) is 7.49. The topological polar surface area (TPSA) is 50.5 Å². The first-order chi connectivity index (χ1) is 12.3. The molecule has 0 saturated carbocycles. The van der Waals surface area contributed by atoms with Gasteiger partial charge in [-0.2, -0.15) is 0 Å². The van der Waals surface area contributed by atoms with E-state index >= 15 is 0 Å². The maximum Gasteiger partial charge on any atom is 0.258 e. The van der Waals surface area contributed by atoms with Crippen molar-refractivity contribution in [3.63, 3.8) is 0 Å². The Kier molecular flexibility index (Phi) is 4.90. The Morgan fingerprint density at radius 3 is 3.08 bits per heavy atom. The highest BCUT2D eigenvalue weighted by atomic mass is 32.1. The summed E-state index contributed by atoms with van der Waals surface area (Å²) in [6.07, 6.45) is 9.48. The molecule has 1 aliphatic rings. The zero-order valence-electron chi connectivity index (χ0n) is 14.2. The van der Waals surface area contributed by atoms with E-state index in [-0.39, 0.29) is 5.56 Å². The predicted molar refractivity (Wildman–Crippen MR) is 99.9 cm³/mol. The van der Waals surface area contributed by atoms with Crippen LogP contribution in [0.15, 0.2) is 46.8 Å². The van der Waals surface area contributed by atoms with Crippen LogP contribution in [0.5, 0.6) is 0 Å². The molecule has 1 saturated heterocycles. The Balaban J connectivity index is 1.47. The van der Waals surface area contributed by atoms with E-state index < -0.39 is 0 Å². The van der Waals surface area contributed by atoms with Crippen molar-refractivity contribution in [1.29, 1.82) is 0 Å². The summed E-state index contributed by atoms with van der Waals surface area (Å²) >= 11 is 1.51. The van der Waals surface area contributed by atoms with Gasteiger partial charge in [0.05, 0.1) is 5.69 Å². The van der Waals surface area contributed by atoms with Crippen LogP contribution >= 0.6 is 11.3 Å². The maximum absolute atomic E-state index is 12.2. The van der Waals surface area contributed by atoms with Gasteiger partial charge in [-0.3, -0.25) is 19.1 Å². The van der Waals surface area contributed by atoms with Crippen LogP contribution in [0, 0.1) is 0 Å². The third-order valence-electron chi connectivity index (χ3n) is 4.93. The molecule has 4 heterocycles. The van der Waals surface area contributed by atoms with Crippen LogP contribution < -0.4 is 5.56 Å². The first-order valence-electron chi connectivity index (χ1n) is 8.89. The molecule has 1 aliphatic heterocycles. The third-order valence-corrected chi connectivity index (χ3v) is 5.69. The Hall–Kier alpha value is -2.05. The molecule has 3 aromatic heterocycles. The zero-order chi connectivity index (χ0) is 17.1. The van der Waals surface area contributed by atoms with Gasteiger partial charge in [0.25, 0.3) is 5.56 Å². The first-order valence-corrected chi connectivity index (χ1v) is 9.77. The number of hydrogen-bond acceptors (Lipinski definition) is 5. The van der Waals surface area contributed by atoms with E-state index in [0.717, 1.165) is 42.3 Å². The molecular weight excluding hydrogens is 332 g/mol. The number of aromatic nitrogens is 3. The van der Waals surface area contributed by atoms with Gasteiger partial charge < -0.3 is 0 Å². The van der Waals surface area contributed by atoms with Gasteiger partial charge in [0.1, 0.15) is 0 Å². The van der Waals surface area contributed by atoms with Crippen LogP contribution in [-0.4, -0.2) is 31.9 Å². The molecule has 5 nitrogen and oxygen atoms in total. The fourth-order valence-electron chi connectivity index (χ4n) is 3.63. The van der Waals surface area contributed by atoms with E-state index in [0.29, 0.717) is 6.04 Å². The van der Waals surface area contributed by atoms with E-state index in [1.807, 2.05) is 17.6 Å². The fraction of sp³-hybridized carbons (Fsp3) is 0.421. The van der Waals surface area contributed by atoms with Crippen molar-refractivity contribution in [3.05, 3.63) is 63.8 Å². The normalized spacial score (nSPS) is 18.6.